The normalized spacial score (nSPS) is 8.88. The fraction of sp³-hybridized carbons (Fsp3) is 0.333. The molecule has 0 aliphatic carbocycles. The predicted molar refractivity (Wildman–Crippen MR) is 61.1 cm³/mol. The molecule has 0 saturated heterocycles. The van der Waals surface area contributed by atoms with Gasteiger partial charge in [0, 0.05) is 13.2 Å². The molecule has 6 N–H and O–H groups in total. The SMILES string of the molecule is C=C(N)N.CCOC(=O)c1cn(C)nc1N. The highest BCUT2D eigenvalue weighted by molar-refractivity contribution is 5.93. The third-order valence-electron chi connectivity index (χ3n) is 1.35. The highest BCUT2D eigenvalue weighted by Gasteiger charge is 2.13. The summed E-state index contributed by atoms with van der Waals surface area (Å²) in [5.41, 5.74) is 15.1. The minimum Gasteiger partial charge on any atom is -0.462 e. The number of carbonyl (C=O) groups excluding carboxylic acids is 1. The van der Waals surface area contributed by atoms with Crippen LogP contribution in [0, 0.1) is 0 Å². The number of anilines is 1. The van der Waals surface area contributed by atoms with Crippen molar-refractivity contribution >= 4 is 11.8 Å². The Hall–Kier alpha value is -2.18. The van der Waals surface area contributed by atoms with Gasteiger partial charge in [-0.3, -0.25) is 4.68 Å². The summed E-state index contributed by atoms with van der Waals surface area (Å²) in [7, 11) is 1.69. The van der Waals surface area contributed by atoms with E-state index in [2.05, 4.69) is 11.7 Å². The van der Waals surface area contributed by atoms with Crippen LogP contribution in [0.3, 0.4) is 0 Å². The monoisotopic (exact) mass is 227 g/mol. The molecule has 0 fully saturated rings. The van der Waals surface area contributed by atoms with Gasteiger partial charge in [0.15, 0.2) is 5.82 Å². The molecule has 0 radical (unpaired) electrons. The Bertz CT molecular complexity index is 368. The number of carbonyl (C=O) groups is 1. The van der Waals surface area contributed by atoms with E-state index in [9.17, 15) is 4.79 Å². The van der Waals surface area contributed by atoms with Crippen molar-refractivity contribution in [2.75, 3.05) is 12.3 Å². The van der Waals surface area contributed by atoms with Gasteiger partial charge in [0.25, 0.3) is 0 Å². The average molecular weight is 227 g/mol. The van der Waals surface area contributed by atoms with Gasteiger partial charge < -0.3 is 21.9 Å². The van der Waals surface area contributed by atoms with Gasteiger partial charge in [-0.2, -0.15) is 5.10 Å². The molecule has 0 spiro atoms. The van der Waals surface area contributed by atoms with E-state index >= 15 is 0 Å². The van der Waals surface area contributed by atoms with Gasteiger partial charge in [0.2, 0.25) is 0 Å². The maximum Gasteiger partial charge on any atom is 0.343 e. The van der Waals surface area contributed by atoms with Gasteiger partial charge >= 0.3 is 5.97 Å². The number of ether oxygens (including phenoxy) is 1. The fourth-order valence-electron chi connectivity index (χ4n) is 0.872. The summed E-state index contributed by atoms with van der Waals surface area (Å²) in [5.74, 6) is -0.0564. The zero-order chi connectivity index (χ0) is 12.7. The zero-order valence-corrected chi connectivity index (χ0v) is 9.43. The van der Waals surface area contributed by atoms with E-state index in [1.807, 2.05) is 0 Å². The van der Waals surface area contributed by atoms with Gasteiger partial charge in [-0.1, -0.05) is 6.58 Å². The van der Waals surface area contributed by atoms with Crippen molar-refractivity contribution < 1.29 is 9.53 Å². The van der Waals surface area contributed by atoms with E-state index < -0.39 is 5.97 Å². The third-order valence-corrected chi connectivity index (χ3v) is 1.35. The number of hydrogen-bond acceptors (Lipinski definition) is 6. The lowest BCUT2D eigenvalue weighted by Gasteiger charge is -1.97. The van der Waals surface area contributed by atoms with E-state index in [1.165, 1.54) is 10.9 Å². The second-order valence-corrected chi connectivity index (χ2v) is 2.90. The van der Waals surface area contributed by atoms with Gasteiger partial charge in [-0.15, -0.1) is 0 Å². The Kier molecular flexibility index (Phi) is 5.47. The topological polar surface area (TPSA) is 122 Å². The van der Waals surface area contributed by atoms with Crippen LogP contribution in [-0.4, -0.2) is 22.4 Å². The van der Waals surface area contributed by atoms with Crippen LogP contribution in [0.25, 0.3) is 0 Å². The molecular weight excluding hydrogens is 210 g/mol. The molecule has 7 nitrogen and oxygen atoms in total. The number of nitrogens with two attached hydrogens (primary N) is 3. The highest BCUT2D eigenvalue weighted by Crippen LogP contribution is 2.08. The average Bonchev–Trinajstić information content (AvgIpc) is 2.44. The lowest BCUT2D eigenvalue weighted by atomic mass is 10.3. The second-order valence-electron chi connectivity index (χ2n) is 2.90. The molecule has 0 aliphatic rings. The summed E-state index contributed by atoms with van der Waals surface area (Å²) < 4.78 is 6.22. The Morgan fingerprint density at radius 1 is 1.62 bits per heavy atom. The second kappa shape index (κ2) is 6.33. The molecule has 0 atom stereocenters. The van der Waals surface area contributed by atoms with Crippen LogP contribution < -0.4 is 17.2 Å². The number of aryl methyl sites for hydroxylation is 1. The standard InChI is InChI=1S/C7H11N3O2.C2H6N2/c1-3-12-7(11)5-4-10(2)9-6(5)8;1-2(3)4/h4H,3H2,1-2H3,(H2,8,9);1,3-4H2. The van der Waals surface area contributed by atoms with Crippen molar-refractivity contribution in [1.82, 2.24) is 9.78 Å². The van der Waals surface area contributed by atoms with Crippen LogP contribution in [0.5, 0.6) is 0 Å². The molecule has 0 unspecified atom stereocenters. The van der Waals surface area contributed by atoms with Gasteiger partial charge in [0.1, 0.15) is 5.56 Å². The van der Waals surface area contributed by atoms with E-state index in [-0.39, 0.29) is 11.6 Å². The molecule has 1 aromatic heterocycles. The lowest BCUT2D eigenvalue weighted by molar-refractivity contribution is 0.0527. The summed E-state index contributed by atoms with van der Waals surface area (Å²) in [4.78, 5) is 11.1. The molecule has 0 aromatic carbocycles. The number of nitrogens with zero attached hydrogens (tertiary/aromatic N) is 2. The first-order chi connectivity index (χ1) is 7.38. The van der Waals surface area contributed by atoms with Gasteiger partial charge in [-0.05, 0) is 6.92 Å². The van der Waals surface area contributed by atoms with E-state index in [4.69, 9.17) is 21.9 Å². The van der Waals surface area contributed by atoms with Crippen LogP contribution in [0.1, 0.15) is 17.3 Å². The molecule has 0 amide bonds. The maximum atomic E-state index is 11.1. The lowest BCUT2D eigenvalue weighted by Crippen LogP contribution is -2.05. The van der Waals surface area contributed by atoms with Crippen LogP contribution in [0.4, 0.5) is 5.82 Å². The minimum atomic E-state index is -0.428. The predicted octanol–water partition coefficient (Wildman–Crippen LogP) is -0.446. The molecule has 0 saturated carbocycles. The molecule has 7 heteroatoms. The van der Waals surface area contributed by atoms with E-state index in [0.29, 0.717) is 12.2 Å². The van der Waals surface area contributed by atoms with Gasteiger partial charge in [-0.25, -0.2) is 4.79 Å². The molecule has 1 aromatic rings. The van der Waals surface area contributed by atoms with Crippen LogP contribution in [0.15, 0.2) is 18.6 Å². The van der Waals surface area contributed by atoms with E-state index in [1.54, 1.807) is 14.0 Å². The Morgan fingerprint density at radius 3 is 2.44 bits per heavy atom. The largest absolute Gasteiger partial charge is 0.462 e. The molecule has 1 heterocycles. The quantitative estimate of drug-likeness (QED) is 0.588. The molecule has 0 bridgehead atoms. The Morgan fingerprint density at radius 2 is 2.12 bits per heavy atom. The van der Waals surface area contributed by atoms with Crippen molar-refractivity contribution in [1.29, 1.82) is 0 Å². The van der Waals surface area contributed by atoms with Crippen molar-refractivity contribution in [3.8, 4) is 0 Å². The van der Waals surface area contributed by atoms with Crippen LogP contribution in [-0.2, 0) is 11.8 Å². The molecular formula is C9H17N5O2. The summed E-state index contributed by atoms with van der Waals surface area (Å²) in [6.07, 6.45) is 1.54. The molecule has 1 rings (SSSR count). The fourth-order valence-corrected chi connectivity index (χ4v) is 0.872. The number of hydrogen-bond donors (Lipinski definition) is 3. The summed E-state index contributed by atoms with van der Waals surface area (Å²) >= 11 is 0. The minimum absolute atomic E-state index is 0.167. The number of nitrogen functional groups attached to an aromatic ring is 1. The van der Waals surface area contributed by atoms with Crippen molar-refractivity contribution in [2.24, 2.45) is 18.5 Å². The number of rotatable bonds is 2. The van der Waals surface area contributed by atoms with Crippen LogP contribution >= 0.6 is 0 Å². The Balaban J connectivity index is 0.000000487. The van der Waals surface area contributed by atoms with Crippen molar-refractivity contribution in [2.45, 2.75) is 6.92 Å². The van der Waals surface area contributed by atoms with Gasteiger partial charge in [0.05, 0.1) is 12.4 Å². The number of esters is 1. The first kappa shape index (κ1) is 13.8. The smallest absolute Gasteiger partial charge is 0.343 e. The molecule has 16 heavy (non-hydrogen) atoms. The van der Waals surface area contributed by atoms with Crippen LogP contribution in [0.2, 0.25) is 0 Å². The molecule has 90 valence electrons. The highest BCUT2D eigenvalue weighted by atomic mass is 16.5. The zero-order valence-electron chi connectivity index (χ0n) is 9.43. The summed E-state index contributed by atoms with van der Waals surface area (Å²) in [6, 6.07) is 0. The van der Waals surface area contributed by atoms with E-state index in [0.717, 1.165) is 0 Å². The molecule has 0 aliphatic heterocycles. The van der Waals surface area contributed by atoms with Crippen molar-refractivity contribution in [3.05, 3.63) is 24.2 Å². The summed E-state index contributed by atoms with van der Waals surface area (Å²) in [5, 5.41) is 3.81. The number of aromatic nitrogens is 2. The summed E-state index contributed by atoms with van der Waals surface area (Å²) in [6.45, 7) is 5.19. The first-order valence-electron chi connectivity index (χ1n) is 4.54. The third kappa shape index (κ3) is 4.89. The Labute approximate surface area is 93.8 Å². The van der Waals surface area contributed by atoms with Crippen molar-refractivity contribution in [3.63, 3.8) is 0 Å². The maximum absolute atomic E-state index is 11.1. The first-order valence-corrected chi connectivity index (χ1v) is 4.54.